The molecule has 2 aliphatic heterocycles. The second-order valence-electron chi connectivity index (χ2n) is 7.33. The molecule has 28 heavy (non-hydrogen) atoms. The summed E-state index contributed by atoms with van der Waals surface area (Å²) in [6.07, 6.45) is 1.97. The van der Waals surface area contributed by atoms with Crippen molar-refractivity contribution in [2.24, 2.45) is 0 Å². The summed E-state index contributed by atoms with van der Waals surface area (Å²) in [7, 11) is 0. The van der Waals surface area contributed by atoms with Crippen LogP contribution in [0.25, 0.3) is 0 Å². The molecule has 0 saturated carbocycles. The van der Waals surface area contributed by atoms with Crippen molar-refractivity contribution in [3.8, 4) is 6.07 Å². The maximum atomic E-state index is 14.0. The molecule has 6 nitrogen and oxygen atoms in total. The van der Waals surface area contributed by atoms with Gasteiger partial charge < -0.3 is 14.9 Å². The molecule has 146 valence electrons. The van der Waals surface area contributed by atoms with E-state index in [-0.39, 0.29) is 11.9 Å². The van der Waals surface area contributed by atoms with Crippen molar-refractivity contribution in [3.63, 3.8) is 0 Å². The number of piperazine rings is 1. The fraction of sp³-hybridized carbons (Fsp3) is 0.429. The van der Waals surface area contributed by atoms with Crippen LogP contribution in [0, 0.1) is 17.1 Å². The van der Waals surface area contributed by atoms with E-state index < -0.39 is 6.10 Å². The first-order valence-electron chi connectivity index (χ1n) is 9.69. The molecule has 1 aromatic carbocycles. The Labute approximate surface area is 164 Å². The number of piperidine rings is 1. The summed E-state index contributed by atoms with van der Waals surface area (Å²) < 4.78 is 14.0. The third-order valence-electron chi connectivity index (χ3n) is 5.73. The average molecular weight is 381 g/mol. The van der Waals surface area contributed by atoms with Crippen molar-refractivity contribution in [2.75, 3.05) is 49.1 Å². The van der Waals surface area contributed by atoms with Crippen molar-refractivity contribution in [2.45, 2.75) is 18.6 Å². The van der Waals surface area contributed by atoms with Crippen LogP contribution in [0.2, 0.25) is 0 Å². The second kappa shape index (κ2) is 8.13. The van der Waals surface area contributed by atoms with Gasteiger partial charge in [-0.3, -0.25) is 4.90 Å². The van der Waals surface area contributed by atoms with Gasteiger partial charge in [-0.15, -0.1) is 0 Å². The highest BCUT2D eigenvalue weighted by Crippen LogP contribution is 2.26. The highest BCUT2D eigenvalue weighted by Gasteiger charge is 2.34. The van der Waals surface area contributed by atoms with E-state index in [0.29, 0.717) is 23.6 Å². The van der Waals surface area contributed by atoms with Gasteiger partial charge in [0.05, 0.1) is 17.4 Å². The van der Waals surface area contributed by atoms with Crippen LogP contribution >= 0.6 is 0 Å². The Hall–Kier alpha value is -2.69. The van der Waals surface area contributed by atoms with E-state index in [9.17, 15) is 14.8 Å². The molecule has 7 heteroatoms. The van der Waals surface area contributed by atoms with Crippen molar-refractivity contribution >= 4 is 11.5 Å². The molecule has 0 unspecified atom stereocenters. The number of β-amino-alcohol motifs (C(OH)–C–C–N with tert-alkyl or cyclic N) is 1. The van der Waals surface area contributed by atoms with Crippen LogP contribution in [0.4, 0.5) is 15.9 Å². The number of hydrogen-bond donors (Lipinski definition) is 1. The standard InChI is InChI=1S/C21H24FN5O/c22-17-5-1-2-6-18(17)25-10-12-26(13-11-25)19-7-9-27(15-20(19)28)21-16(14-23)4-3-8-24-21/h1-6,8,19-20,28H,7,9-13,15H2/t19-,20-/m1/s1. The van der Waals surface area contributed by atoms with E-state index in [0.717, 1.165) is 39.1 Å². The first-order chi connectivity index (χ1) is 13.7. The van der Waals surface area contributed by atoms with Gasteiger partial charge in [0.2, 0.25) is 0 Å². The molecule has 0 spiro atoms. The molecule has 0 radical (unpaired) electrons. The number of para-hydroxylation sites is 1. The molecule has 2 saturated heterocycles. The first-order valence-corrected chi connectivity index (χ1v) is 9.69. The van der Waals surface area contributed by atoms with Crippen LogP contribution in [-0.4, -0.2) is 66.4 Å². The normalized spacial score (nSPS) is 23.5. The third kappa shape index (κ3) is 3.66. The molecule has 1 aromatic heterocycles. The Morgan fingerprint density at radius 1 is 1.04 bits per heavy atom. The summed E-state index contributed by atoms with van der Waals surface area (Å²) in [5.41, 5.74) is 1.18. The Morgan fingerprint density at radius 3 is 2.54 bits per heavy atom. The van der Waals surface area contributed by atoms with Crippen LogP contribution < -0.4 is 9.80 Å². The van der Waals surface area contributed by atoms with E-state index in [1.165, 1.54) is 6.07 Å². The number of nitrogens with zero attached hydrogens (tertiary/aromatic N) is 5. The van der Waals surface area contributed by atoms with Crippen LogP contribution in [0.1, 0.15) is 12.0 Å². The van der Waals surface area contributed by atoms with Gasteiger partial charge >= 0.3 is 0 Å². The number of pyridine rings is 1. The van der Waals surface area contributed by atoms with Crippen LogP contribution in [0.3, 0.4) is 0 Å². The summed E-state index contributed by atoms with van der Waals surface area (Å²) in [6.45, 7) is 4.29. The molecular formula is C21H24FN5O. The number of aromatic nitrogens is 1. The van der Waals surface area contributed by atoms with Crippen LogP contribution in [-0.2, 0) is 0 Å². The molecule has 0 aliphatic carbocycles. The lowest BCUT2D eigenvalue weighted by atomic mass is 9.98. The van der Waals surface area contributed by atoms with Gasteiger partial charge in [0.1, 0.15) is 17.7 Å². The lowest BCUT2D eigenvalue weighted by molar-refractivity contribution is 0.0336. The molecule has 2 fully saturated rings. The minimum Gasteiger partial charge on any atom is -0.390 e. The predicted octanol–water partition coefficient (Wildman–Crippen LogP) is 1.85. The Bertz CT molecular complexity index is 862. The van der Waals surface area contributed by atoms with Gasteiger partial charge in [-0.1, -0.05) is 12.1 Å². The molecule has 2 atom stereocenters. The first kappa shape index (κ1) is 18.7. The van der Waals surface area contributed by atoms with Crippen molar-refractivity contribution in [1.82, 2.24) is 9.88 Å². The fourth-order valence-corrected chi connectivity index (χ4v) is 4.28. The van der Waals surface area contributed by atoms with Gasteiger partial charge in [-0.25, -0.2) is 9.37 Å². The average Bonchev–Trinajstić information content (AvgIpc) is 2.74. The third-order valence-corrected chi connectivity index (χ3v) is 5.73. The summed E-state index contributed by atoms with van der Waals surface area (Å²) >= 11 is 0. The number of aliphatic hydroxyl groups is 1. The highest BCUT2D eigenvalue weighted by molar-refractivity contribution is 5.54. The van der Waals surface area contributed by atoms with Crippen molar-refractivity contribution in [3.05, 3.63) is 54.0 Å². The van der Waals surface area contributed by atoms with Crippen molar-refractivity contribution in [1.29, 1.82) is 5.26 Å². The molecule has 0 bridgehead atoms. The summed E-state index contributed by atoms with van der Waals surface area (Å²) in [5, 5.41) is 20.1. The minimum absolute atomic E-state index is 0.0771. The van der Waals surface area contributed by atoms with E-state index in [1.807, 2.05) is 17.0 Å². The molecule has 4 rings (SSSR count). The molecule has 3 heterocycles. The molecule has 1 N–H and O–H groups in total. The molecule has 0 amide bonds. The second-order valence-corrected chi connectivity index (χ2v) is 7.33. The van der Waals surface area contributed by atoms with Crippen LogP contribution in [0.5, 0.6) is 0 Å². The molecule has 2 aromatic rings. The van der Waals surface area contributed by atoms with E-state index in [4.69, 9.17) is 0 Å². The number of rotatable bonds is 3. The SMILES string of the molecule is N#Cc1cccnc1N1CC[C@@H](N2CCN(c3ccccc3F)CC2)[C@H](O)C1. The number of aliphatic hydroxyl groups excluding tert-OH is 1. The lowest BCUT2D eigenvalue weighted by Gasteiger charge is -2.45. The van der Waals surface area contributed by atoms with Gasteiger partial charge in [0.15, 0.2) is 0 Å². The number of anilines is 2. The molecular weight excluding hydrogens is 357 g/mol. The lowest BCUT2D eigenvalue weighted by Crippen LogP contribution is -2.59. The van der Waals surface area contributed by atoms with Gasteiger partial charge in [0, 0.05) is 51.5 Å². The zero-order valence-corrected chi connectivity index (χ0v) is 15.7. The summed E-state index contributed by atoms with van der Waals surface area (Å²) in [5.74, 6) is 0.458. The topological polar surface area (TPSA) is 66.6 Å². The quantitative estimate of drug-likeness (QED) is 0.875. The largest absolute Gasteiger partial charge is 0.390 e. The zero-order chi connectivity index (χ0) is 19.5. The van der Waals surface area contributed by atoms with Gasteiger partial charge in [-0.2, -0.15) is 5.26 Å². The van der Waals surface area contributed by atoms with E-state index >= 15 is 0 Å². The Kier molecular flexibility index (Phi) is 5.42. The minimum atomic E-state index is -0.512. The smallest absolute Gasteiger partial charge is 0.146 e. The van der Waals surface area contributed by atoms with Gasteiger partial charge in [0.25, 0.3) is 0 Å². The number of nitriles is 1. The number of halogens is 1. The van der Waals surface area contributed by atoms with Crippen LogP contribution in [0.15, 0.2) is 42.6 Å². The van der Waals surface area contributed by atoms with Gasteiger partial charge in [-0.05, 0) is 30.7 Å². The highest BCUT2D eigenvalue weighted by atomic mass is 19.1. The van der Waals surface area contributed by atoms with E-state index in [1.54, 1.807) is 24.4 Å². The predicted molar refractivity (Wildman–Crippen MR) is 106 cm³/mol. The van der Waals surface area contributed by atoms with E-state index in [2.05, 4.69) is 20.9 Å². The zero-order valence-electron chi connectivity index (χ0n) is 15.7. The maximum Gasteiger partial charge on any atom is 0.146 e. The fourth-order valence-electron chi connectivity index (χ4n) is 4.28. The summed E-state index contributed by atoms with van der Waals surface area (Å²) in [6, 6.07) is 12.6. The maximum absolute atomic E-state index is 14.0. The Morgan fingerprint density at radius 2 is 1.82 bits per heavy atom. The van der Waals surface area contributed by atoms with Crippen molar-refractivity contribution < 1.29 is 9.50 Å². The Balaban J connectivity index is 1.37. The molecule has 2 aliphatic rings. The number of hydrogen-bond acceptors (Lipinski definition) is 6. The summed E-state index contributed by atoms with van der Waals surface area (Å²) in [4.78, 5) is 10.7. The monoisotopic (exact) mass is 381 g/mol. The number of benzene rings is 1.